The van der Waals surface area contributed by atoms with Crippen LogP contribution in [0.5, 0.6) is 11.5 Å². The zero-order valence-electron chi connectivity index (χ0n) is 9.48. The molecule has 0 fully saturated rings. The molecule has 0 aliphatic heterocycles. The van der Waals surface area contributed by atoms with Crippen molar-refractivity contribution in [3.63, 3.8) is 0 Å². The molecule has 0 radical (unpaired) electrons. The SMILES string of the molecule is Cc1cc(Br)ccc1COc1ccc(O)cc1. The van der Waals surface area contributed by atoms with E-state index in [1.807, 2.05) is 12.1 Å². The Hall–Kier alpha value is -1.48. The second-order valence-electron chi connectivity index (χ2n) is 3.85. The Morgan fingerprint density at radius 2 is 1.82 bits per heavy atom. The molecular formula is C14H13BrO2. The maximum Gasteiger partial charge on any atom is 0.120 e. The Balaban J connectivity index is 2.04. The maximum absolute atomic E-state index is 9.16. The molecule has 0 bridgehead atoms. The number of aryl methyl sites for hydroxylation is 1. The van der Waals surface area contributed by atoms with Gasteiger partial charge >= 0.3 is 0 Å². The Morgan fingerprint density at radius 1 is 1.12 bits per heavy atom. The third kappa shape index (κ3) is 3.24. The molecule has 0 saturated carbocycles. The van der Waals surface area contributed by atoms with Crippen LogP contribution in [-0.4, -0.2) is 5.11 Å². The summed E-state index contributed by atoms with van der Waals surface area (Å²) in [7, 11) is 0. The molecule has 2 nitrogen and oxygen atoms in total. The summed E-state index contributed by atoms with van der Waals surface area (Å²) < 4.78 is 6.71. The van der Waals surface area contributed by atoms with E-state index >= 15 is 0 Å². The first-order valence-electron chi connectivity index (χ1n) is 5.32. The fourth-order valence-electron chi connectivity index (χ4n) is 1.52. The zero-order chi connectivity index (χ0) is 12.3. The Kier molecular flexibility index (Phi) is 3.69. The number of benzene rings is 2. The quantitative estimate of drug-likeness (QED) is 0.925. The van der Waals surface area contributed by atoms with Crippen LogP contribution in [0.25, 0.3) is 0 Å². The number of halogens is 1. The van der Waals surface area contributed by atoms with Gasteiger partial charge in [-0.15, -0.1) is 0 Å². The molecular weight excluding hydrogens is 280 g/mol. The summed E-state index contributed by atoms with van der Waals surface area (Å²) in [5.74, 6) is 1.00. The number of phenolic OH excluding ortho intramolecular Hbond substituents is 1. The van der Waals surface area contributed by atoms with Crippen molar-refractivity contribution < 1.29 is 9.84 Å². The number of hydrogen-bond donors (Lipinski definition) is 1. The van der Waals surface area contributed by atoms with E-state index < -0.39 is 0 Å². The van der Waals surface area contributed by atoms with Crippen LogP contribution in [0.2, 0.25) is 0 Å². The van der Waals surface area contributed by atoms with Gasteiger partial charge < -0.3 is 9.84 Å². The highest BCUT2D eigenvalue weighted by Gasteiger charge is 2.00. The van der Waals surface area contributed by atoms with Crippen molar-refractivity contribution in [1.29, 1.82) is 0 Å². The highest BCUT2D eigenvalue weighted by atomic mass is 79.9. The monoisotopic (exact) mass is 292 g/mol. The van der Waals surface area contributed by atoms with Crippen molar-refractivity contribution in [2.45, 2.75) is 13.5 Å². The minimum absolute atomic E-state index is 0.247. The van der Waals surface area contributed by atoms with Gasteiger partial charge in [0, 0.05) is 4.47 Å². The zero-order valence-corrected chi connectivity index (χ0v) is 11.1. The fraction of sp³-hybridized carbons (Fsp3) is 0.143. The van der Waals surface area contributed by atoms with Crippen LogP contribution >= 0.6 is 15.9 Å². The second kappa shape index (κ2) is 5.23. The summed E-state index contributed by atoms with van der Waals surface area (Å²) >= 11 is 3.43. The lowest BCUT2D eigenvalue weighted by atomic mass is 10.1. The largest absolute Gasteiger partial charge is 0.508 e. The van der Waals surface area contributed by atoms with Gasteiger partial charge in [0.2, 0.25) is 0 Å². The van der Waals surface area contributed by atoms with Crippen LogP contribution in [0, 0.1) is 6.92 Å². The van der Waals surface area contributed by atoms with E-state index in [-0.39, 0.29) is 5.75 Å². The molecule has 88 valence electrons. The lowest BCUT2D eigenvalue weighted by Crippen LogP contribution is -1.97. The molecule has 0 aromatic heterocycles. The van der Waals surface area contributed by atoms with Gasteiger partial charge in [0.05, 0.1) is 0 Å². The summed E-state index contributed by atoms with van der Waals surface area (Å²) in [4.78, 5) is 0. The summed E-state index contributed by atoms with van der Waals surface area (Å²) in [5.41, 5.74) is 2.35. The molecule has 0 spiro atoms. The van der Waals surface area contributed by atoms with E-state index in [0.717, 1.165) is 15.8 Å². The van der Waals surface area contributed by atoms with Gasteiger partial charge in [-0.1, -0.05) is 22.0 Å². The molecule has 2 aromatic rings. The molecule has 2 rings (SSSR count). The number of ether oxygens (including phenoxy) is 1. The third-order valence-electron chi connectivity index (χ3n) is 2.54. The molecule has 1 N–H and O–H groups in total. The molecule has 0 unspecified atom stereocenters. The smallest absolute Gasteiger partial charge is 0.120 e. The van der Waals surface area contributed by atoms with Gasteiger partial charge in [-0.2, -0.15) is 0 Å². The standard InChI is InChI=1S/C14H13BrO2/c1-10-8-12(15)3-2-11(10)9-17-14-6-4-13(16)5-7-14/h2-8,16H,9H2,1H3. The van der Waals surface area contributed by atoms with Gasteiger partial charge in [-0.25, -0.2) is 0 Å². The van der Waals surface area contributed by atoms with Gasteiger partial charge in [-0.05, 0) is 54.4 Å². The highest BCUT2D eigenvalue weighted by Crippen LogP contribution is 2.20. The average molecular weight is 293 g/mol. The first-order valence-corrected chi connectivity index (χ1v) is 6.11. The Labute approximate surface area is 109 Å². The third-order valence-corrected chi connectivity index (χ3v) is 3.03. The predicted molar refractivity (Wildman–Crippen MR) is 71.3 cm³/mol. The van der Waals surface area contributed by atoms with Crippen LogP contribution in [0.4, 0.5) is 0 Å². The summed E-state index contributed by atoms with van der Waals surface area (Å²) in [5, 5.41) is 9.16. The summed E-state index contributed by atoms with van der Waals surface area (Å²) in [6.45, 7) is 2.59. The van der Waals surface area contributed by atoms with Crippen molar-refractivity contribution in [1.82, 2.24) is 0 Å². The molecule has 17 heavy (non-hydrogen) atoms. The molecule has 0 aliphatic rings. The number of rotatable bonds is 3. The van der Waals surface area contributed by atoms with Crippen molar-refractivity contribution in [3.05, 3.63) is 58.1 Å². The first-order chi connectivity index (χ1) is 8.15. The topological polar surface area (TPSA) is 29.5 Å². The van der Waals surface area contributed by atoms with Crippen molar-refractivity contribution in [2.24, 2.45) is 0 Å². The number of phenols is 1. The van der Waals surface area contributed by atoms with E-state index in [2.05, 4.69) is 28.9 Å². The minimum atomic E-state index is 0.247. The second-order valence-corrected chi connectivity index (χ2v) is 4.77. The van der Waals surface area contributed by atoms with Crippen LogP contribution in [0.15, 0.2) is 46.9 Å². The molecule has 2 aromatic carbocycles. The van der Waals surface area contributed by atoms with Gasteiger partial charge in [-0.3, -0.25) is 0 Å². The highest BCUT2D eigenvalue weighted by molar-refractivity contribution is 9.10. The van der Waals surface area contributed by atoms with Crippen molar-refractivity contribution >= 4 is 15.9 Å². The molecule has 0 atom stereocenters. The molecule has 0 amide bonds. The van der Waals surface area contributed by atoms with Gasteiger partial charge in [0.15, 0.2) is 0 Å². The Bertz CT molecular complexity index is 506. The van der Waals surface area contributed by atoms with E-state index in [1.165, 1.54) is 5.56 Å². The Morgan fingerprint density at radius 3 is 2.47 bits per heavy atom. The predicted octanol–water partition coefficient (Wildman–Crippen LogP) is 4.04. The van der Waals surface area contributed by atoms with Crippen LogP contribution in [-0.2, 0) is 6.61 Å². The number of aromatic hydroxyl groups is 1. The van der Waals surface area contributed by atoms with Crippen LogP contribution in [0.1, 0.15) is 11.1 Å². The molecule has 0 heterocycles. The van der Waals surface area contributed by atoms with Crippen LogP contribution < -0.4 is 4.74 Å². The number of hydrogen-bond acceptors (Lipinski definition) is 2. The summed E-state index contributed by atoms with van der Waals surface area (Å²) in [6.07, 6.45) is 0. The first kappa shape index (κ1) is 12.0. The molecule has 0 saturated heterocycles. The normalized spacial score (nSPS) is 10.2. The maximum atomic E-state index is 9.16. The van der Waals surface area contributed by atoms with Crippen molar-refractivity contribution in [3.8, 4) is 11.5 Å². The van der Waals surface area contributed by atoms with E-state index in [0.29, 0.717) is 6.61 Å². The molecule has 3 heteroatoms. The fourth-order valence-corrected chi connectivity index (χ4v) is 2.00. The lowest BCUT2D eigenvalue weighted by Gasteiger charge is -2.09. The van der Waals surface area contributed by atoms with Crippen molar-refractivity contribution in [2.75, 3.05) is 0 Å². The average Bonchev–Trinajstić information content (AvgIpc) is 2.30. The van der Waals surface area contributed by atoms with Crippen LogP contribution in [0.3, 0.4) is 0 Å². The molecule has 0 aliphatic carbocycles. The minimum Gasteiger partial charge on any atom is -0.508 e. The van der Waals surface area contributed by atoms with Gasteiger partial charge in [0.1, 0.15) is 18.1 Å². The van der Waals surface area contributed by atoms with E-state index in [4.69, 9.17) is 9.84 Å². The van der Waals surface area contributed by atoms with Gasteiger partial charge in [0.25, 0.3) is 0 Å². The van der Waals surface area contributed by atoms with E-state index in [9.17, 15) is 0 Å². The summed E-state index contributed by atoms with van der Waals surface area (Å²) in [6, 6.07) is 12.8. The lowest BCUT2D eigenvalue weighted by molar-refractivity contribution is 0.305. The van der Waals surface area contributed by atoms with E-state index in [1.54, 1.807) is 24.3 Å².